The zero-order chi connectivity index (χ0) is 21.5. The van der Waals surface area contributed by atoms with Gasteiger partial charge in [-0.2, -0.15) is 0 Å². The Bertz CT molecular complexity index is 1580. The maximum absolute atomic E-state index is 5.22. The minimum Gasteiger partial charge on any atom is -0.355 e. The van der Waals surface area contributed by atoms with E-state index in [0.29, 0.717) is 0 Å². The molecule has 32 heavy (non-hydrogen) atoms. The van der Waals surface area contributed by atoms with E-state index in [1.165, 1.54) is 27.1 Å². The maximum Gasteiger partial charge on any atom is 0.0814 e. The van der Waals surface area contributed by atoms with Crippen LogP contribution in [0, 0.1) is 6.92 Å². The zero-order valence-corrected chi connectivity index (χ0v) is 17.8. The largest absolute Gasteiger partial charge is 0.355 e. The van der Waals surface area contributed by atoms with Crippen molar-refractivity contribution < 1.29 is 0 Å². The van der Waals surface area contributed by atoms with Gasteiger partial charge in [0.1, 0.15) is 0 Å². The molecule has 152 valence electrons. The highest BCUT2D eigenvalue weighted by Gasteiger charge is 2.13. The normalized spacial score (nSPS) is 11.3. The molecule has 0 aliphatic heterocycles. The lowest BCUT2D eigenvalue weighted by molar-refractivity contribution is 1.39. The van der Waals surface area contributed by atoms with Gasteiger partial charge in [0.15, 0.2) is 0 Å². The topological polar surface area (TPSA) is 24.9 Å². The SMILES string of the molecule is Cc1ccc(-c2cc(Nc3ccccc3)c3ccc4ccc5ccccc5c4c3n2)cc1. The van der Waals surface area contributed by atoms with Crippen molar-refractivity contribution in [2.45, 2.75) is 6.92 Å². The third kappa shape index (κ3) is 3.17. The third-order valence-corrected chi connectivity index (χ3v) is 6.09. The molecule has 1 heterocycles. The molecule has 5 aromatic carbocycles. The van der Waals surface area contributed by atoms with Gasteiger partial charge in [-0.1, -0.05) is 96.6 Å². The molecule has 0 radical (unpaired) electrons. The van der Waals surface area contributed by atoms with Crippen LogP contribution in [0.2, 0.25) is 0 Å². The van der Waals surface area contributed by atoms with Gasteiger partial charge in [-0.3, -0.25) is 0 Å². The highest BCUT2D eigenvalue weighted by molar-refractivity contribution is 6.21. The first-order valence-electron chi connectivity index (χ1n) is 10.9. The van der Waals surface area contributed by atoms with Gasteiger partial charge in [-0.25, -0.2) is 4.98 Å². The fourth-order valence-electron chi connectivity index (χ4n) is 4.43. The number of aromatic nitrogens is 1. The summed E-state index contributed by atoms with van der Waals surface area (Å²) >= 11 is 0. The smallest absolute Gasteiger partial charge is 0.0814 e. The van der Waals surface area contributed by atoms with Gasteiger partial charge in [-0.05, 0) is 41.3 Å². The molecule has 1 aromatic heterocycles. The number of hydrogen-bond acceptors (Lipinski definition) is 2. The minimum absolute atomic E-state index is 0.969. The Morgan fingerprint density at radius 1 is 0.625 bits per heavy atom. The molecule has 2 nitrogen and oxygen atoms in total. The Kier molecular flexibility index (Phi) is 4.36. The van der Waals surface area contributed by atoms with Crippen LogP contribution in [-0.2, 0) is 0 Å². The molecule has 0 saturated heterocycles. The summed E-state index contributed by atoms with van der Waals surface area (Å²) in [5.74, 6) is 0. The van der Waals surface area contributed by atoms with Crippen molar-refractivity contribution in [3.8, 4) is 11.3 Å². The molecule has 0 aliphatic carbocycles. The monoisotopic (exact) mass is 410 g/mol. The second kappa shape index (κ2) is 7.51. The van der Waals surface area contributed by atoms with Crippen LogP contribution in [0.4, 0.5) is 11.4 Å². The predicted molar refractivity (Wildman–Crippen MR) is 137 cm³/mol. The number of para-hydroxylation sites is 1. The number of rotatable bonds is 3. The van der Waals surface area contributed by atoms with Crippen LogP contribution in [0.25, 0.3) is 43.7 Å². The van der Waals surface area contributed by atoms with Crippen molar-refractivity contribution in [3.05, 3.63) is 115 Å². The van der Waals surface area contributed by atoms with E-state index in [1.807, 2.05) is 6.07 Å². The Morgan fingerprint density at radius 3 is 2.19 bits per heavy atom. The molecule has 0 bridgehead atoms. The Morgan fingerprint density at radius 2 is 1.34 bits per heavy atom. The van der Waals surface area contributed by atoms with Gasteiger partial charge in [0.2, 0.25) is 0 Å². The molecule has 2 heteroatoms. The molecule has 6 aromatic rings. The van der Waals surface area contributed by atoms with Gasteiger partial charge >= 0.3 is 0 Å². The van der Waals surface area contributed by atoms with Crippen molar-refractivity contribution in [3.63, 3.8) is 0 Å². The number of fused-ring (bicyclic) bond motifs is 5. The van der Waals surface area contributed by atoms with E-state index in [9.17, 15) is 0 Å². The average molecular weight is 411 g/mol. The van der Waals surface area contributed by atoms with E-state index in [0.717, 1.165) is 33.5 Å². The van der Waals surface area contributed by atoms with Gasteiger partial charge in [0.05, 0.1) is 16.9 Å². The number of aryl methyl sites for hydroxylation is 1. The van der Waals surface area contributed by atoms with Crippen LogP contribution in [-0.4, -0.2) is 4.98 Å². The minimum atomic E-state index is 0.969. The van der Waals surface area contributed by atoms with Crippen LogP contribution >= 0.6 is 0 Å². The second-order valence-corrected chi connectivity index (χ2v) is 8.26. The van der Waals surface area contributed by atoms with Crippen LogP contribution < -0.4 is 5.32 Å². The quantitative estimate of drug-likeness (QED) is 0.297. The van der Waals surface area contributed by atoms with Gasteiger partial charge in [0, 0.05) is 22.0 Å². The lowest BCUT2D eigenvalue weighted by Crippen LogP contribution is -1.96. The van der Waals surface area contributed by atoms with E-state index in [2.05, 4.69) is 115 Å². The van der Waals surface area contributed by atoms with E-state index in [-0.39, 0.29) is 0 Å². The molecule has 0 amide bonds. The first-order chi connectivity index (χ1) is 15.8. The molecule has 0 unspecified atom stereocenters. The molecule has 0 saturated carbocycles. The third-order valence-electron chi connectivity index (χ3n) is 6.09. The number of pyridine rings is 1. The Balaban J connectivity index is 1.70. The second-order valence-electron chi connectivity index (χ2n) is 8.26. The van der Waals surface area contributed by atoms with Crippen molar-refractivity contribution in [2.75, 3.05) is 5.32 Å². The summed E-state index contributed by atoms with van der Waals surface area (Å²) in [6.07, 6.45) is 0. The van der Waals surface area contributed by atoms with Crippen molar-refractivity contribution in [1.29, 1.82) is 0 Å². The predicted octanol–water partition coefficient (Wildman–Crippen LogP) is 8.26. The van der Waals surface area contributed by atoms with E-state index >= 15 is 0 Å². The van der Waals surface area contributed by atoms with E-state index < -0.39 is 0 Å². The van der Waals surface area contributed by atoms with Crippen LogP contribution in [0.15, 0.2) is 109 Å². The van der Waals surface area contributed by atoms with Gasteiger partial charge in [0.25, 0.3) is 0 Å². The molecule has 0 spiro atoms. The molecular weight excluding hydrogens is 388 g/mol. The number of benzene rings is 5. The number of anilines is 2. The molecular formula is C30H22N2. The van der Waals surface area contributed by atoms with Crippen molar-refractivity contribution in [2.24, 2.45) is 0 Å². The van der Waals surface area contributed by atoms with E-state index in [1.54, 1.807) is 0 Å². The summed E-state index contributed by atoms with van der Waals surface area (Å²) in [5, 5.41) is 9.62. The highest BCUT2D eigenvalue weighted by Crippen LogP contribution is 2.37. The summed E-state index contributed by atoms with van der Waals surface area (Å²) in [7, 11) is 0. The maximum atomic E-state index is 5.22. The summed E-state index contributed by atoms with van der Waals surface area (Å²) in [6, 6.07) is 38.4. The molecule has 6 rings (SSSR count). The summed E-state index contributed by atoms with van der Waals surface area (Å²) < 4.78 is 0. The number of nitrogens with zero attached hydrogens (tertiary/aromatic N) is 1. The molecule has 1 N–H and O–H groups in total. The lowest BCUT2D eigenvalue weighted by Gasteiger charge is -2.15. The van der Waals surface area contributed by atoms with Crippen LogP contribution in [0.5, 0.6) is 0 Å². The van der Waals surface area contributed by atoms with Gasteiger partial charge in [-0.15, -0.1) is 0 Å². The molecule has 0 atom stereocenters. The first kappa shape index (κ1) is 18.6. The number of nitrogens with one attached hydrogen (secondary N) is 1. The fraction of sp³-hybridized carbons (Fsp3) is 0.0333. The summed E-state index contributed by atoms with van der Waals surface area (Å²) in [6.45, 7) is 2.11. The lowest BCUT2D eigenvalue weighted by atomic mass is 9.97. The number of hydrogen-bond donors (Lipinski definition) is 1. The highest BCUT2D eigenvalue weighted by atomic mass is 14.9. The van der Waals surface area contributed by atoms with Crippen molar-refractivity contribution >= 4 is 43.8 Å². The molecule has 0 aliphatic rings. The Labute approximate surface area is 187 Å². The summed E-state index contributed by atoms with van der Waals surface area (Å²) in [4.78, 5) is 5.22. The van der Waals surface area contributed by atoms with Crippen LogP contribution in [0.3, 0.4) is 0 Å². The summed E-state index contributed by atoms with van der Waals surface area (Å²) in [5.41, 5.74) is 6.48. The standard InChI is InChI=1S/C30H22N2/c1-20-11-13-22(14-12-20)27-19-28(31-24-8-3-2-4-9-24)26-18-17-23-16-15-21-7-5-6-10-25(21)29(23)30(26)32-27/h2-19H,1H3,(H,31,32). The zero-order valence-electron chi connectivity index (χ0n) is 17.8. The molecule has 0 fully saturated rings. The average Bonchev–Trinajstić information content (AvgIpc) is 2.84. The van der Waals surface area contributed by atoms with Gasteiger partial charge < -0.3 is 5.32 Å². The van der Waals surface area contributed by atoms with Crippen molar-refractivity contribution in [1.82, 2.24) is 4.98 Å². The first-order valence-corrected chi connectivity index (χ1v) is 10.9. The fourth-order valence-corrected chi connectivity index (χ4v) is 4.43. The van der Waals surface area contributed by atoms with E-state index in [4.69, 9.17) is 4.98 Å². The Hall–Kier alpha value is -4.17. The van der Waals surface area contributed by atoms with Crippen LogP contribution in [0.1, 0.15) is 5.56 Å².